The summed E-state index contributed by atoms with van der Waals surface area (Å²) in [6.45, 7) is 3.57. The van der Waals surface area contributed by atoms with Crippen LogP contribution in [-0.4, -0.2) is 49.2 Å². The Bertz CT molecular complexity index is 289. The molecule has 3 fully saturated rings. The fourth-order valence-electron chi connectivity index (χ4n) is 3.26. The highest BCUT2D eigenvalue weighted by Crippen LogP contribution is 2.29. The highest BCUT2D eigenvalue weighted by atomic mass is 16.5. The van der Waals surface area contributed by atoms with E-state index in [-0.39, 0.29) is 0 Å². The van der Waals surface area contributed by atoms with E-state index in [0.29, 0.717) is 24.0 Å². The van der Waals surface area contributed by atoms with Crippen molar-refractivity contribution in [2.45, 2.75) is 44.2 Å². The number of amides is 1. The quantitative estimate of drug-likeness (QED) is 0.772. The van der Waals surface area contributed by atoms with Crippen LogP contribution in [0.4, 0.5) is 0 Å². The van der Waals surface area contributed by atoms with Crippen molar-refractivity contribution in [1.82, 2.24) is 10.2 Å². The van der Waals surface area contributed by atoms with Crippen molar-refractivity contribution >= 4 is 5.91 Å². The topological polar surface area (TPSA) is 41.6 Å². The largest absolute Gasteiger partial charge is 0.374 e. The number of nitrogens with zero attached hydrogens (tertiary/aromatic N) is 1. The van der Waals surface area contributed by atoms with Gasteiger partial charge < -0.3 is 15.0 Å². The molecule has 2 unspecified atom stereocenters. The van der Waals surface area contributed by atoms with E-state index < -0.39 is 0 Å². The standard InChI is InChI=1S/C13H22N2O2/c16-13(7-10-8-14-9-10)15-5-6-17-12-4-2-1-3-11(12)15/h10-12,14H,1-9H2. The van der Waals surface area contributed by atoms with Gasteiger partial charge in [-0.1, -0.05) is 12.8 Å². The maximum Gasteiger partial charge on any atom is 0.223 e. The Balaban J connectivity index is 1.61. The summed E-state index contributed by atoms with van der Waals surface area (Å²) in [5.74, 6) is 0.934. The van der Waals surface area contributed by atoms with Crippen LogP contribution in [-0.2, 0) is 9.53 Å². The molecule has 3 aliphatic rings. The summed E-state index contributed by atoms with van der Waals surface area (Å²) >= 11 is 0. The lowest BCUT2D eigenvalue weighted by Crippen LogP contribution is -2.56. The molecule has 0 spiro atoms. The van der Waals surface area contributed by atoms with Crippen molar-refractivity contribution in [1.29, 1.82) is 0 Å². The summed E-state index contributed by atoms with van der Waals surface area (Å²) in [5, 5.41) is 3.23. The van der Waals surface area contributed by atoms with Gasteiger partial charge >= 0.3 is 0 Å². The summed E-state index contributed by atoms with van der Waals surface area (Å²) in [7, 11) is 0. The van der Waals surface area contributed by atoms with Crippen molar-refractivity contribution in [3.05, 3.63) is 0 Å². The highest BCUT2D eigenvalue weighted by molar-refractivity contribution is 5.77. The predicted molar refractivity (Wildman–Crippen MR) is 64.7 cm³/mol. The monoisotopic (exact) mass is 238 g/mol. The van der Waals surface area contributed by atoms with Gasteiger partial charge in [-0.25, -0.2) is 0 Å². The number of hydrogen-bond donors (Lipinski definition) is 1. The Morgan fingerprint density at radius 3 is 2.88 bits per heavy atom. The smallest absolute Gasteiger partial charge is 0.223 e. The highest BCUT2D eigenvalue weighted by Gasteiger charge is 2.37. The summed E-state index contributed by atoms with van der Waals surface area (Å²) in [6, 6.07) is 0.373. The van der Waals surface area contributed by atoms with Crippen LogP contribution in [0.15, 0.2) is 0 Å². The molecular formula is C13H22N2O2. The molecule has 2 heterocycles. The third-order valence-electron chi connectivity index (χ3n) is 4.38. The fraction of sp³-hybridized carbons (Fsp3) is 0.923. The number of morpholine rings is 1. The van der Waals surface area contributed by atoms with Crippen molar-refractivity contribution in [3.63, 3.8) is 0 Å². The molecule has 0 bridgehead atoms. The number of nitrogens with one attached hydrogen (secondary N) is 1. The lowest BCUT2D eigenvalue weighted by molar-refractivity contribution is -0.150. The molecule has 1 amide bonds. The molecule has 0 aromatic carbocycles. The minimum absolute atomic E-state index is 0.320. The van der Waals surface area contributed by atoms with Gasteiger partial charge in [-0.3, -0.25) is 4.79 Å². The average molecular weight is 238 g/mol. The van der Waals surface area contributed by atoms with Gasteiger partial charge in [-0.15, -0.1) is 0 Å². The Labute approximate surface area is 103 Å². The summed E-state index contributed by atoms with van der Waals surface area (Å²) in [6.07, 6.45) is 5.84. The van der Waals surface area contributed by atoms with Crippen molar-refractivity contribution in [2.24, 2.45) is 5.92 Å². The van der Waals surface area contributed by atoms with Crippen LogP contribution in [0.3, 0.4) is 0 Å². The van der Waals surface area contributed by atoms with Crippen LogP contribution in [0, 0.1) is 5.92 Å². The second-order valence-corrected chi connectivity index (χ2v) is 5.58. The van der Waals surface area contributed by atoms with Crippen LogP contribution in [0.25, 0.3) is 0 Å². The molecule has 4 nitrogen and oxygen atoms in total. The zero-order valence-corrected chi connectivity index (χ0v) is 10.4. The number of carbonyl (C=O) groups is 1. The van der Waals surface area contributed by atoms with Gasteiger partial charge in [0.05, 0.1) is 18.8 Å². The zero-order valence-electron chi connectivity index (χ0n) is 10.4. The SMILES string of the molecule is O=C(CC1CNC1)N1CCOC2CCCCC21. The molecule has 1 saturated carbocycles. The van der Waals surface area contributed by atoms with Crippen LogP contribution >= 0.6 is 0 Å². The van der Waals surface area contributed by atoms with Crippen LogP contribution in [0.2, 0.25) is 0 Å². The Kier molecular flexibility index (Phi) is 3.34. The minimum Gasteiger partial charge on any atom is -0.374 e. The van der Waals surface area contributed by atoms with E-state index in [9.17, 15) is 4.79 Å². The van der Waals surface area contributed by atoms with Crippen LogP contribution in [0.5, 0.6) is 0 Å². The predicted octanol–water partition coefficient (Wildman–Crippen LogP) is 0.766. The summed E-state index contributed by atoms with van der Waals surface area (Å²) in [4.78, 5) is 14.4. The van der Waals surface area contributed by atoms with E-state index in [4.69, 9.17) is 4.74 Å². The molecule has 0 aromatic heterocycles. The molecule has 0 aromatic rings. The lowest BCUT2D eigenvalue weighted by atomic mass is 9.89. The van der Waals surface area contributed by atoms with E-state index in [1.54, 1.807) is 0 Å². The number of carbonyl (C=O) groups excluding carboxylic acids is 1. The van der Waals surface area contributed by atoms with E-state index in [1.165, 1.54) is 12.8 Å². The van der Waals surface area contributed by atoms with E-state index in [2.05, 4.69) is 10.2 Å². The Hall–Kier alpha value is -0.610. The van der Waals surface area contributed by atoms with Crippen LogP contribution < -0.4 is 5.32 Å². The molecule has 2 saturated heterocycles. The maximum atomic E-state index is 12.3. The molecule has 0 radical (unpaired) electrons. The Morgan fingerprint density at radius 2 is 2.12 bits per heavy atom. The van der Waals surface area contributed by atoms with Gasteiger partial charge in [0, 0.05) is 13.0 Å². The second-order valence-electron chi connectivity index (χ2n) is 5.58. The molecule has 2 atom stereocenters. The van der Waals surface area contributed by atoms with Gasteiger partial charge in [0.2, 0.25) is 5.91 Å². The van der Waals surface area contributed by atoms with E-state index in [1.807, 2.05) is 0 Å². The average Bonchev–Trinajstić information content (AvgIpc) is 2.33. The molecule has 1 aliphatic carbocycles. The van der Waals surface area contributed by atoms with Gasteiger partial charge in [0.15, 0.2) is 0 Å². The van der Waals surface area contributed by atoms with E-state index in [0.717, 1.165) is 45.5 Å². The van der Waals surface area contributed by atoms with E-state index >= 15 is 0 Å². The molecule has 1 N–H and O–H groups in total. The van der Waals surface area contributed by atoms with Crippen LogP contribution in [0.1, 0.15) is 32.1 Å². The van der Waals surface area contributed by atoms with Gasteiger partial charge in [0.1, 0.15) is 0 Å². The third kappa shape index (κ3) is 2.33. The van der Waals surface area contributed by atoms with Gasteiger partial charge in [0.25, 0.3) is 0 Å². The Morgan fingerprint density at radius 1 is 1.29 bits per heavy atom. The second kappa shape index (κ2) is 4.94. The fourth-order valence-corrected chi connectivity index (χ4v) is 3.26. The first-order chi connectivity index (χ1) is 8.34. The molecular weight excluding hydrogens is 216 g/mol. The van der Waals surface area contributed by atoms with Crippen molar-refractivity contribution in [2.75, 3.05) is 26.2 Å². The van der Waals surface area contributed by atoms with Gasteiger partial charge in [-0.05, 0) is 31.8 Å². The molecule has 17 heavy (non-hydrogen) atoms. The van der Waals surface area contributed by atoms with Gasteiger partial charge in [-0.2, -0.15) is 0 Å². The first-order valence-corrected chi connectivity index (χ1v) is 6.96. The summed E-state index contributed by atoms with van der Waals surface area (Å²) in [5.41, 5.74) is 0. The first kappa shape index (κ1) is 11.5. The van der Waals surface area contributed by atoms with Crippen molar-refractivity contribution in [3.8, 4) is 0 Å². The lowest BCUT2D eigenvalue weighted by Gasteiger charge is -2.44. The molecule has 96 valence electrons. The minimum atomic E-state index is 0.320. The number of ether oxygens (including phenoxy) is 1. The third-order valence-corrected chi connectivity index (χ3v) is 4.38. The zero-order chi connectivity index (χ0) is 11.7. The number of fused-ring (bicyclic) bond motifs is 1. The normalized spacial score (nSPS) is 34.0. The van der Waals surface area contributed by atoms with Crippen molar-refractivity contribution < 1.29 is 9.53 Å². The molecule has 4 heteroatoms. The molecule has 3 rings (SSSR count). The maximum absolute atomic E-state index is 12.3. The number of rotatable bonds is 2. The first-order valence-electron chi connectivity index (χ1n) is 6.96. The summed E-state index contributed by atoms with van der Waals surface area (Å²) < 4.78 is 5.80. The number of hydrogen-bond acceptors (Lipinski definition) is 3. The molecule has 2 aliphatic heterocycles.